The van der Waals surface area contributed by atoms with Crippen LogP contribution in [0.15, 0.2) is 78.9 Å². The van der Waals surface area contributed by atoms with Crippen molar-refractivity contribution in [3.05, 3.63) is 90.0 Å². The Hall–Kier alpha value is -3.92. The molecule has 4 nitrogen and oxygen atoms in total. The molecule has 0 radical (unpaired) electrons. The summed E-state index contributed by atoms with van der Waals surface area (Å²) < 4.78 is 16.7. The molecule has 0 bridgehead atoms. The van der Waals surface area contributed by atoms with E-state index in [1.54, 1.807) is 21.3 Å². The van der Waals surface area contributed by atoms with Crippen molar-refractivity contribution in [3.63, 3.8) is 0 Å². The maximum Gasteiger partial charge on any atom is 0.203 e. The quantitative estimate of drug-likeness (QED) is 0.334. The Balaban J connectivity index is 1.72. The average molecular weight is 424 g/mol. The molecule has 0 atom stereocenters. The summed E-state index contributed by atoms with van der Waals surface area (Å²) in [6.07, 6.45) is 0.722. The highest BCUT2D eigenvalue weighted by Gasteiger charge is 2.18. The van der Waals surface area contributed by atoms with E-state index in [0.29, 0.717) is 17.2 Å². The van der Waals surface area contributed by atoms with Crippen LogP contribution in [0.4, 0.5) is 0 Å². The molecule has 0 amide bonds. The van der Waals surface area contributed by atoms with Crippen LogP contribution in [0.1, 0.15) is 11.1 Å². The molecule has 5 rings (SSSR count). The Morgan fingerprint density at radius 3 is 2.06 bits per heavy atom. The van der Waals surface area contributed by atoms with Crippen LogP contribution in [0, 0.1) is 0 Å². The predicted molar refractivity (Wildman–Crippen MR) is 130 cm³/mol. The summed E-state index contributed by atoms with van der Waals surface area (Å²) in [6, 6.07) is 27.5. The Bertz CT molecular complexity index is 1390. The maximum absolute atomic E-state index is 5.59. The molecule has 4 heteroatoms. The lowest BCUT2D eigenvalue weighted by molar-refractivity contribution is 0.324. The SMILES string of the molecule is COc1cc(Cc2c(-c3cccc4ccccc34)[nH]c3ccccc23)cc(OC)c1OC. The van der Waals surface area contributed by atoms with Gasteiger partial charge in [-0.15, -0.1) is 0 Å². The summed E-state index contributed by atoms with van der Waals surface area (Å²) in [5.74, 6) is 1.92. The molecule has 0 aliphatic heterocycles. The van der Waals surface area contributed by atoms with E-state index in [9.17, 15) is 0 Å². The zero-order valence-corrected chi connectivity index (χ0v) is 18.4. The number of aromatic nitrogens is 1. The van der Waals surface area contributed by atoms with Gasteiger partial charge < -0.3 is 19.2 Å². The number of ether oxygens (including phenoxy) is 3. The van der Waals surface area contributed by atoms with Gasteiger partial charge in [0.1, 0.15) is 0 Å². The van der Waals surface area contributed by atoms with Crippen LogP contribution in [0.3, 0.4) is 0 Å². The van der Waals surface area contributed by atoms with Gasteiger partial charge in [0, 0.05) is 22.9 Å². The van der Waals surface area contributed by atoms with Crippen LogP contribution >= 0.6 is 0 Å². The van der Waals surface area contributed by atoms with Crippen molar-refractivity contribution < 1.29 is 14.2 Å². The zero-order chi connectivity index (χ0) is 22.1. The Labute approximate surface area is 187 Å². The second-order valence-electron chi connectivity index (χ2n) is 7.76. The molecule has 0 saturated carbocycles. The number of rotatable bonds is 6. The van der Waals surface area contributed by atoms with Crippen LogP contribution in [0.2, 0.25) is 0 Å². The van der Waals surface area contributed by atoms with Gasteiger partial charge in [0.2, 0.25) is 5.75 Å². The number of methoxy groups -OCH3 is 3. The van der Waals surface area contributed by atoms with Crippen molar-refractivity contribution in [3.8, 4) is 28.5 Å². The average Bonchev–Trinajstić information content (AvgIpc) is 3.21. The molecule has 1 aromatic heterocycles. The molecule has 4 aromatic carbocycles. The normalized spacial score (nSPS) is 11.1. The topological polar surface area (TPSA) is 43.5 Å². The van der Waals surface area contributed by atoms with Gasteiger partial charge in [0.05, 0.1) is 27.0 Å². The highest BCUT2D eigenvalue weighted by molar-refractivity contribution is 6.00. The number of benzene rings is 4. The fourth-order valence-electron chi connectivity index (χ4n) is 4.50. The fraction of sp³-hybridized carbons (Fsp3) is 0.143. The van der Waals surface area contributed by atoms with E-state index in [0.717, 1.165) is 23.2 Å². The molecule has 0 spiro atoms. The number of hydrogen-bond acceptors (Lipinski definition) is 3. The highest BCUT2D eigenvalue weighted by Crippen LogP contribution is 2.41. The lowest BCUT2D eigenvalue weighted by Crippen LogP contribution is -1.98. The molecule has 160 valence electrons. The van der Waals surface area contributed by atoms with E-state index >= 15 is 0 Å². The van der Waals surface area contributed by atoms with Gasteiger partial charge in [-0.3, -0.25) is 0 Å². The van der Waals surface area contributed by atoms with Crippen molar-refractivity contribution >= 4 is 21.7 Å². The summed E-state index contributed by atoms with van der Waals surface area (Å²) in [7, 11) is 4.92. The standard InChI is InChI=1S/C28H25NO3/c1-30-25-16-18(17-26(31-2)28(25)32-3)15-23-21-12-6-7-14-24(21)29-27(23)22-13-8-10-19-9-4-5-11-20(19)22/h4-14,16-17,29H,15H2,1-3H3. The first kappa shape index (κ1) is 20.0. The summed E-state index contributed by atoms with van der Waals surface area (Å²) >= 11 is 0. The van der Waals surface area contributed by atoms with E-state index in [1.807, 2.05) is 12.1 Å². The summed E-state index contributed by atoms with van der Waals surface area (Å²) in [6.45, 7) is 0. The molecular weight excluding hydrogens is 398 g/mol. The van der Waals surface area contributed by atoms with Crippen LogP contribution < -0.4 is 14.2 Å². The first-order chi connectivity index (χ1) is 15.7. The Morgan fingerprint density at radius 2 is 1.34 bits per heavy atom. The third-order valence-electron chi connectivity index (χ3n) is 5.98. The molecule has 0 aliphatic rings. The summed E-state index contributed by atoms with van der Waals surface area (Å²) in [5.41, 5.74) is 5.79. The van der Waals surface area contributed by atoms with E-state index in [2.05, 4.69) is 71.7 Å². The molecule has 5 aromatic rings. The fourth-order valence-corrected chi connectivity index (χ4v) is 4.50. The van der Waals surface area contributed by atoms with Crippen LogP contribution in [0.25, 0.3) is 32.9 Å². The number of para-hydroxylation sites is 1. The van der Waals surface area contributed by atoms with Gasteiger partial charge in [0.15, 0.2) is 11.5 Å². The molecule has 1 heterocycles. The van der Waals surface area contributed by atoms with E-state index < -0.39 is 0 Å². The third kappa shape index (κ3) is 3.34. The summed E-state index contributed by atoms with van der Waals surface area (Å²) in [4.78, 5) is 3.69. The molecule has 1 N–H and O–H groups in total. The van der Waals surface area contributed by atoms with E-state index in [1.165, 1.54) is 27.3 Å². The number of hydrogen-bond donors (Lipinski definition) is 1. The molecule has 0 fully saturated rings. The van der Waals surface area contributed by atoms with Crippen molar-refractivity contribution in [2.45, 2.75) is 6.42 Å². The van der Waals surface area contributed by atoms with Gasteiger partial charge in [-0.25, -0.2) is 0 Å². The van der Waals surface area contributed by atoms with Gasteiger partial charge >= 0.3 is 0 Å². The van der Waals surface area contributed by atoms with Crippen molar-refractivity contribution in [1.82, 2.24) is 4.98 Å². The van der Waals surface area contributed by atoms with E-state index in [4.69, 9.17) is 14.2 Å². The van der Waals surface area contributed by atoms with Crippen molar-refractivity contribution in [2.75, 3.05) is 21.3 Å². The van der Waals surface area contributed by atoms with Gasteiger partial charge in [0.25, 0.3) is 0 Å². The van der Waals surface area contributed by atoms with Crippen LogP contribution in [0.5, 0.6) is 17.2 Å². The van der Waals surface area contributed by atoms with Gasteiger partial charge in [-0.1, -0.05) is 60.7 Å². The number of aromatic amines is 1. The Morgan fingerprint density at radius 1 is 0.688 bits per heavy atom. The van der Waals surface area contributed by atoms with Crippen molar-refractivity contribution in [2.24, 2.45) is 0 Å². The van der Waals surface area contributed by atoms with Gasteiger partial charge in [-0.2, -0.15) is 0 Å². The maximum atomic E-state index is 5.59. The second kappa shape index (κ2) is 8.31. The third-order valence-corrected chi connectivity index (χ3v) is 5.98. The zero-order valence-electron chi connectivity index (χ0n) is 18.4. The van der Waals surface area contributed by atoms with E-state index in [-0.39, 0.29) is 0 Å². The molecule has 0 saturated heterocycles. The van der Waals surface area contributed by atoms with Crippen molar-refractivity contribution in [1.29, 1.82) is 0 Å². The Kier molecular flexibility index (Phi) is 5.20. The first-order valence-corrected chi connectivity index (χ1v) is 10.6. The minimum Gasteiger partial charge on any atom is -0.493 e. The second-order valence-corrected chi connectivity index (χ2v) is 7.76. The number of H-pyrrole nitrogens is 1. The molecule has 0 aliphatic carbocycles. The summed E-state index contributed by atoms with van der Waals surface area (Å²) in [5, 5.41) is 3.67. The molecule has 0 unspecified atom stereocenters. The smallest absolute Gasteiger partial charge is 0.203 e. The van der Waals surface area contributed by atoms with Crippen LogP contribution in [-0.4, -0.2) is 26.3 Å². The van der Waals surface area contributed by atoms with Gasteiger partial charge in [-0.05, 0) is 40.1 Å². The number of nitrogens with one attached hydrogen (secondary N) is 1. The van der Waals surface area contributed by atoms with Crippen LogP contribution in [-0.2, 0) is 6.42 Å². The molecule has 32 heavy (non-hydrogen) atoms. The lowest BCUT2D eigenvalue weighted by Gasteiger charge is -2.15. The number of fused-ring (bicyclic) bond motifs is 2. The molecular formula is C28H25NO3. The first-order valence-electron chi connectivity index (χ1n) is 10.6. The monoisotopic (exact) mass is 423 g/mol. The highest BCUT2D eigenvalue weighted by atomic mass is 16.5. The minimum atomic E-state index is 0.604. The largest absolute Gasteiger partial charge is 0.493 e. The predicted octanol–water partition coefficient (Wildman–Crippen LogP) is 6.60. The minimum absolute atomic E-state index is 0.604. The lowest BCUT2D eigenvalue weighted by atomic mass is 9.95.